The minimum Gasteiger partial charge on any atom is -0.382 e. The van der Waals surface area contributed by atoms with Crippen molar-refractivity contribution < 1.29 is 28.5 Å². The number of amides is 1. The number of Topliss-reactive ketones (excluding diaryl/α,β-unsaturated/α-hetero) is 1. The van der Waals surface area contributed by atoms with E-state index in [0.29, 0.717) is 58.5 Å². The second kappa shape index (κ2) is 15.9. The van der Waals surface area contributed by atoms with E-state index in [-0.39, 0.29) is 23.8 Å². The number of methoxy groups -OCH3 is 1. The van der Waals surface area contributed by atoms with Gasteiger partial charge in [-0.1, -0.05) is 13.8 Å². The van der Waals surface area contributed by atoms with Crippen LogP contribution >= 0.6 is 0 Å². The molecule has 0 aromatic carbocycles. The van der Waals surface area contributed by atoms with Crippen molar-refractivity contribution in [2.75, 3.05) is 53.4 Å². The van der Waals surface area contributed by atoms with Crippen molar-refractivity contribution in [1.29, 1.82) is 0 Å². The van der Waals surface area contributed by atoms with E-state index in [4.69, 9.17) is 18.9 Å². The number of rotatable bonds is 16. The van der Waals surface area contributed by atoms with Gasteiger partial charge in [-0.2, -0.15) is 0 Å². The minimum absolute atomic E-state index is 0.0177. The molecule has 1 N–H and O–H groups in total. The maximum absolute atomic E-state index is 12.3. The van der Waals surface area contributed by atoms with Crippen molar-refractivity contribution in [2.24, 2.45) is 11.8 Å². The monoisotopic (exact) mass is 401 g/mol. The third kappa shape index (κ3) is 11.1. The molecule has 7 heteroatoms. The first-order valence-corrected chi connectivity index (χ1v) is 10.6. The summed E-state index contributed by atoms with van der Waals surface area (Å²) < 4.78 is 21.0. The molecule has 0 saturated heterocycles. The fourth-order valence-electron chi connectivity index (χ4n) is 3.27. The van der Waals surface area contributed by atoms with E-state index in [2.05, 4.69) is 12.2 Å². The second-order valence-electron chi connectivity index (χ2n) is 7.41. The highest BCUT2D eigenvalue weighted by molar-refractivity contribution is 5.83. The van der Waals surface area contributed by atoms with Gasteiger partial charge in [-0.15, -0.1) is 0 Å². The standard InChI is InChI=1S/C21H39NO6/c1-4-17(2)21(24)18-5-7-19(8-6-18)22-20(23)9-10-26-13-14-28-16-15-27-12-11-25-3/h17-19H,4-16H2,1-3H3,(H,22,23). The normalized spacial score (nSPS) is 20.7. The lowest BCUT2D eigenvalue weighted by Crippen LogP contribution is -2.39. The molecule has 0 aromatic rings. The van der Waals surface area contributed by atoms with Crippen LogP contribution in [-0.4, -0.2) is 71.1 Å². The molecule has 164 valence electrons. The lowest BCUT2D eigenvalue weighted by atomic mass is 9.79. The smallest absolute Gasteiger partial charge is 0.222 e. The van der Waals surface area contributed by atoms with Crippen LogP contribution in [0.1, 0.15) is 52.4 Å². The van der Waals surface area contributed by atoms with Gasteiger partial charge in [0.15, 0.2) is 0 Å². The summed E-state index contributed by atoms with van der Waals surface area (Å²) >= 11 is 0. The molecule has 0 aliphatic heterocycles. The van der Waals surface area contributed by atoms with Crippen molar-refractivity contribution >= 4 is 11.7 Å². The molecule has 1 aliphatic carbocycles. The summed E-state index contributed by atoms with van der Waals surface area (Å²) in [5.41, 5.74) is 0. The summed E-state index contributed by atoms with van der Waals surface area (Å²) in [5.74, 6) is 0.742. The number of hydrogen-bond acceptors (Lipinski definition) is 6. The molecular weight excluding hydrogens is 362 g/mol. The third-order valence-electron chi connectivity index (χ3n) is 5.24. The summed E-state index contributed by atoms with van der Waals surface area (Å²) in [5, 5.41) is 3.07. The van der Waals surface area contributed by atoms with Gasteiger partial charge in [0.25, 0.3) is 0 Å². The maximum atomic E-state index is 12.3. The van der Waals surface area contributed by atoms with Crippen LogP contribution in [0, 0.1) is 11.8 Å². The van der Waals surface area contributed by atoms with Crippen molar-refractivity contribution in [3.8, 4) is 0 Å². The Morgan fingerprint density at radius 1 is 0.893 bits per heavy atom. The van der Waals surface area contributed by atoms with Crippen molar-refractivity contribution in [2.45, 2.75) is 58.4 Å². The molecule has 0 radical (unpaired) electrons. The fourth-order valence-corrected chi connectivity index (χ4v) is 3.27. The molecule has 0 bridgehead atoms. The Hall–Kier alpha value is -1.02. The Bertz CT molecular complexity index is 423. The average molecular weight is 402 g/mol. The van der Waals surface area contributed by atoms with Gasteiger partial charge in [-0.05, 0) is 32.1 Å². The molecular formula is C21H39NO6. The third-order valence-corrected chi connectivity index (χ3v) is 5.24. The van der Waals surface area contributed by atoms with E-state index >= 15 is 0 Å². The molecule has 28 heavy (non-hydrogen) atoms. The topological polar surface area (TPSA) is 83.1 Å². The number of carbonyl (C=O) groups excluding carboxylic acids is 2. The highest BCUT2D eigenvalue weighted by atomic mass is 16.6. The van der Waals surface area contributed by atoms with E-state index in [1.807, 2.05) is 6.92 Å². The van der Waals surface area contributed by atoms with Crippen LogP contribution in [-0.2, 0) is 28.5 Å². The highest BCUT2D eigenvalue weighted by Crippen LogP contribution is 2.28. The lowest BCUT2D eigenvalue weighted by molar-refractivity contribution is -0.127. The fraction of sp³-hybridized carbons (Fsp3) is 0.905. The number of hydrogen-bond donors (Lipinski definition) is 1. The largest absolute Gasteiger partial charge is 0.382 e. The Morgan fingerprint density at radius 2 is 1.43 bits per heavy atom. The number of nitrogens with one attached hydrogen (secondary N) is 1. The van der Waals surface area contributed by atoms with E-state index in [1.54, 1.807) is 7.11 Å². The van der Waals surface area contributed by atoms with Gasteiger partial charge in [0.2, 0.25) is 5.91 Å². The van der Waals surface area contributed by atoms with Gasteiger partial charge in [0, 0.05) is 31.4 Å². The quantitative estimate of drug-likeness (QED) is 0.400. The molecule has 1 fully saturated rings. The molecule has 1 aliphatic rings. The molecule has 1 saturated carbocycles. The number of ether oxygens (including phenoxy) is 4. The molecule has 1 atom stereocenters. The zero-order valence-electron chi connectivity index (χ0n) is 17.9. The molecule has 0 spiro atoms. The van der Waals surface area contributed by atoms with E-state index in [0.717, 1.165) is 32.1 Å². The molecule has 0 aromatic heterocycles. The first-order chi connectivity index (χ1) is 13.6. The van der Waals surface area contributed by atoms with Crippen LogP contribution in [0.15, 0.2) is 0 Å². The summed E-state index contributed by atoms with van der Waals surface area (Å²) in [6, 6.07) is 0.190. The Labute approximate surface area is 169 Å². The zero-order chi connectivity index (χ0) is 20.6. The molecule has 7 nitrogen and oxygen atoms in total. The first kappa shape index (κ1) is 25.0. The van der Waals surface area contributed by atoms with Crippen molar-refractivity contribution in [3.05, 3.63) is 0 Å². The van der Waals surface area contributed by atoms with Crippen LogP contribution in [0.25, 0.3) is 0 Å². The Balaban J connectivity index is 1.97. The number of carbonyl (C=O) groups is 2. The molecule has 1 amide bonds. The van der Waals surface area contributed by atoms with Crippen LogP contribution in [0.3, 0.4) is 0 Å². The first-order valence-electron chi connectivity index (χ1n) is 10.6. The van der Waals surface area contributed by atoms with E-state index in [9.17, 15) is 9.59 Å². The van der Waals surface area contributed by atoms with Crippen LogP contribution < -0.4 is 5.32 Å². The van der Waals surface area contributed by atoms with Gasteiger partial charge < -0.3 is 24.3 Å². The molecule has 0 heterocycles. The van der Waals surface area contributed by atoms with Crippen molar-refractivity contribution in [1.82, 2.24) is 5.32 Å². The average Bonchev–Trinajstić information content (AvgIpc) is 2.71. The summed E-state index contributed by atoms with van der Waals surface area (Å²) in [6.45, 7) is 7.63. The zero-order valence-corrected chi connectivity index (χ0v) is 17.9. The van der Waals surface area contributed by atoms with Crippen LogP contribution in [0.2, 0.25) is 0 Å². The van der Waals surface area contributed by atoms with Gasteiger partial charge in [0.1, 0.15) is 5.78 Å². The Morgan fingerprint density at radius 3 is 1.96 bits per heavy atom. The van der Waals surface area contributed by atoms with Crippen LogP contribution in [0.5, 0.6) is 0 Å². The number of ketones is 1. The van der Waals surface area contributed by atoms with Gasteiger partial charge >= 0.3 is 0 Å². The molecule has 1 unspecified atom stereocenters. The maximum Gasteiger partial charge on any atom is 0.222 e. The lowest BCUT2D eigenvalue weighted by Gasteiger charge is -2.29. The second-order valence-corrected chi connectivity index (χ2v) is 7.41. The summed E-state index contributed by atoms with van der Waals surface area (Å²) in [4.78, 5) is 24.3. The van der Waals surface area contributed by atoms with E-state index < -0.39 is 0 Å². The van der Waals surface area contributed by atoms with Crippen LogP contribution in [0.4, 0.5) is 0 Å². The predicted molar refractivity (Wildman–Crippen MR) is 107 cm³/mol. The molecule has 1 rings (SSSR count). The highest BCUT2D eigenvalue weighted by Gasteiger charge is 2.28. The summed E-state index contributed by atoms with van der Waals surface area (Å²) in [7, 11) is 1.64. The summed E-state index contributed by atoms with van der Waals surface area (Å²) in [6.07, 6.45) is 4.81. The van der Waals surface area contributed by atoms with Gasteiger partial charge in [-0.3, -0.25) is 9.59 Å². The Kier molecular flexibility index (Phi) is 14.2. The van der Waals surface area contributed by atoms with Gasteiger partial charge in [0.05, 0.1) is 46.2 Å². The van der Waals surface area contributed by atoms with Gasteiger partial charge in [-0.25, -0.2) is 0 Å². The SMILES string of the molecule is CCC(C)C(=O)C1CCC(NC(=O)CCOCCOCCOCCOC)CC1. The minimum atomic E-state index is 0.0177. The predicted octanol–water partition coefficient (Wildman–Crippen LogP) is 2.36. The van der Waals surface area contributed by atoms with Crippen molar-refractivity contribution in [3.63, 3.8) is 0 Å². The van der Waals surface area contributed by atoms with E-state index in [1.165, 1.54) is 0 Å².